The molecular formula is C12H23NO4. The van der Waals surface area contributed by atoms with Crippen molar-refractivity contribution >= 4 is 5.97 Å². The van der Waals surface area contributed by atoms with Crippen molar-refractivity contribution in [2.75, 3.05) is 20.3 Å². The average molecular weight is 245 g/mol. The van der Waals surface area contributed by atoms with E-state index in [1.165, 1.54) is 7.11 Å². The second-order valence-electron chi connectivity index (χ2n) is 4.80. The Morgan fingerprint density at radius 1 is 1.47 bits per heavy atom. The van der Waals surface area contributed by atoms with Gasteiger partial charge in [-0.25, -0.2) is 0 Å². The molecule has 1 aliphatic rings. The molecule has 0 radical (unpaired) electrons. The first-order valence-corrected chi connectivity index (χ1v) is 6.08. The number of methoxy groups -OCH3 is 1. The summed E-state index contributed by atoms with van der Waals surface area (Å²) in [5, 5.41) is 0. The summed E-state index contributed by atoms with van der Waals surface area (Å²) >= 11 is 0. The summed E-state index contributed by atoms with van der Waals surface area (Å²) < 4.78 is 15.7. The lowest BCUT2D eigenvalue weighted by Crippen LogP contribution is -2.46. The number of hydrogen-bond acceptors (Lipinski definition) is 5. The molecule has 0 aromatic carbocycles. The molecule has 1 fully saturated rings. The summed E-state index contributed by atoms with van der Waals surface area (Å²) in [5.74, 6) is -0.345. The van der Waals surface area contributed by atoms with Gasteiger partial charge >= 0.3 is 5.97 Å². The van der Waals surface area contributed by atoms with Crippen LogP contribution in [0.1, 0.15) is 33.1 Å². The van der Waals surface area contributed by atoms with E-state index in [0.29, 0.717) is 26.1 Å². The van der Waals surface area contributed by atoms with Crippen LogP contribution >= 0.6 is 0 Å². The van der Waals surface area contributed by atoms with Gasteiger partial charge in [0.05, 0.1) is 32.5 Å². The highest BCUT2D eigenvalue weighted by Crippen LogP contribution is 2.30. The summed E-state index contributed by atoms with van der Waals surface area (Å²) in [4.78, 5) is 11.5. The van der Waals surface area contributed by atoms with Crippen LogP contribution in [0.3, 0.4) is 0 Å². The van der Waals surface area contributed by atoms with Gasteiger partial charge < -0.3 is 19.9 Å². The minimum absolute atomic E-state index is 0.0369. The standard InChI is InChI=1S/C12H23NO4/c1-9(2)16-6-7-17-10-4-5-12(13,8-10)11(14)15-3/h9-10H,4-8,13H2,1-3H3. The topological polar surface area (TPSA) is 70.8 Å². The molecule has 0 heterocycles. The van der Waals surface area contributed by atoms with E-state index in [1.807, 2.05) is 13.8 Å². The molecular weight excluding hydrogens is 222 g/mol. The molecule has 0 spiro atoms. The van der Waals surface area contributed by atoms with Crippen LogP contribution in [0.2, 0.25) is 0 Å². The summed E-state index contributed by atoms with van der Waals surface area (Å²) in [6.07, 6.45) is 2.20. The zero-order chi connectivity index (χ0) is 12.9. The quantitative estimate of drug-likeness (QED) is 0.555. The fourth-order valence-corrected chi connectivity index (χ4v) is 2.06. The Hall–Kier alpha value is -0.650. The van der Waals surface area contributed by atoms with Crippen molar-refractivity contribution in [1.29, 1.82) is 0 Å². The number of hydrogen-bond donors (Lipinski definition) is 1. The number of carbonyl (C=O) groups is 1. The third kappa shape index (κ3) is 4.26. The van der Waals surface area contributed by atoms with E-state index in [9.17, 15) is 4.79 Å². The van der Waals surface area contributed by atoms with Gasteiger partial charge in [-0.3, -0.25) is 4.79 Å². The van der Waals surface area contributed by atoms with Crippen molar-refractivity contribution in [1.82, 2.24) is 0 Å². The van der Waals surface area contributed by atoms with Gasteiger partial charge in [0.1, 0.15) is 5.54 Å². The zero-order valence-electron chi connectivity index (χ0n) is 10.9. The van der Waals surface area contributed by atoms with Gasteiger partial charge in [0.15, 0.2) is 0 Å². The Kier molecular flexibility index (Phi) is 5.36. The van der Waals surface area contributed by atoms with E-state index in [1.54, 1.807) is 0 Å². The van der Waals surface area contributed by atoms with E-state index in [2.05, 4.69) is 0 Å². The van der Waals surface area contributed by atoms with Gasteiger partial charge in [-0.1, -0.05) is 0 Å². The van der Waals surface area contributed by atoms with Gasteiger partial charge in [-0.05, 0) is 26.7 Å². The molecule has 1 saturated carbocycles. The van der Waals surface area contributed by atoms with E-state index >= 15 is 0 Å². The molecule has 1 aliphatic carbocycles. The van der Waals surface area contributed by atoms with Crippen LogP contribution in [-0.2, 0) is 19.0 Å². The Morgan fingerprint density at radius 2 is 2.18 bits per heavy atom. The van der Waals surface area contributed by atoms with E-state index in [-0.39, 0.29) is 18.2 Å². The largest absolute Gasteiger partial charge is 0.468 e. The van der Waals surface area contributed by atoms with Gasteiger partial charge in [-0.15, -0.1) is 0 Å². The molecule has 2 N–H and O–H groups in total. The number of nitrogens with two attached hydrogens (primary N) is 1. The fourth-order valence-electron chi connectivity index (χ4n) is 2.06. The Labute approximate surface area is 103 Å². The summed E-state index contributed by atoms with van der Waals surface area (Å²) in [5.41, 5.74) is 5.11. The predicted octanol–water partition coefficient (Wildman–Crippen LogP) is 0.851. The summed E-state index contributed by atoms with van der Waals surface area (Å²) in [6, 6.07) is 0. The first-order chi connectivity index (χ1) is 7.98. The molecule has 0 bridgehead atoms. The van der Waals surface area contributed by atoms with Crippen LogP contribution in [-0.4, -0.2) is 44.0 Å². The van der Waals surface area contributed by atoms with Crippen LogP contribution in [0.4, 0.5) is 0 Å². The van der Waals surface area contributed by atoms with Gasteiger partial charge in [0.2, 0.25) is 0 Å². The highest BCUT2D eigenvalue weighted by Gasteiger charge is 2.43. The third-order valence-electron chi connectivity index (χ3n) is 2.98. The molecule has 0 aliphatic heterocycles. The van der Waals surface area contributed by atoms with Crippen LogP contribution < -0.4 is 5.73 Å². The number of ether oxygens (including phenoxy) is 3. The molecule has 5 nitrogen and oxygen atoms in total. The predicted molar refractivity (Wildman–Crippen MR) is 63.6 cm³/mol. The average Bonchev–Trinajstić information content (AvgIpc) is 2.66. The van der Waals surface area contributed by atoms with E-state index in [0.717, 1.165) is 6.42 Å². The van der Waals surface area contributed by atoms with Crippen molar-refractivity contribution in [2.24, 2.45) is 5.73 Å². The zero-order valence-corrected chi connectivity index (χ0v) is 10.9. The minimum Gasteiger partial charge on any atom is -0.468 e. The second kappa shape index (κ2) is 6.33. The Balaban J connectivity index is 2.24. The number of esters is 1. The highest BCUT2D eigenvalue weighted by atomic mass is 16.5. The second-order valence-corrected chi connectivity index (χ2v) is 4.80. The maximum Gasteiger partial charge on any atom is 0.325 e. The van der Waals surface area contributed by atoms with E-state index < -0.39 is 5.54 Å². The molecule has 1 rings (SSSR count). The lowest BCUT2D eigenvalue weighted by Gasteiger charge is -2.20. The molecule has 100 valence electrons. The molecule has 0 aromatic heterocycles. The van der Waals surface area contributed by atoms with E-state index in [4.69, 9.17) is 19.9 Å². The molecule has 0 amide bonds. The number of rotatable bonds is 6. The van der Waals surface area contributed by atoms with Crippen molar-refractivity contribution in [3.63, 3.8) is 0 Å². The first kappa shape index (κ1) is 14.4. The third-order valence-corrected chi connectivity index (χ3v) is 2.98. The SMILES string of the molecule is COC(=O)C1(N)CCC(OCCOC(C)C)C1. The normalized spacial score (nSPS) is 28.6. The Bertz CT molecular complexity index is 257. The van der Waals surface area contributed by atoms with Crippen molar-refractivity contribution in [3.05, 3.63) is 0 Å². The highest BCUT2D eigenvalue weighted by molar-refractivity contribution is 5.80. The number of carbonyl (C=O) groups excluding carboxylic acids is 1. The minimum atomic E-state index is -0.863. The van der Waals surface area contributed by atoms with Crippen LogP contribution in [0, 0.1) is 0 Å². The van der Waals surface area contributed by atoms with Crippen LogP contribution in [0.5, 0.6) is 0 Å². The molecule has 0 aromatic rings. The fraction of sp³-hybridized carbons (Fsp3) is 0.917. The lowest BCUT2D eigenvalue weighted by atomic mass is 10.00. The molecule has 5 heteroatoms. The molecule has 2 unspecified atom stereocenters. The monoisotopic (exact) mass is 245 g/mol. The smallest absolute Gasteiger partial charge is 0.325 e. The van der Waals surface area contributed by atoms with Crippen molar-refractivity contribution in [3.8, 4) is 0 Å². The molecule has 2 atom stereocenters. The first-order valence-electron chi connectivity index (χ1n) is 6.08. The van der Waals surface area contributed by atoms with Gasteiger partial charge in [-0.2, -0.15) is 0 Å². The maximum atomic E-state index is 11.5. The Morgan fingerprint density at radius 3 is 2.76 bits per heavy atom. The summed E-state index contributed by atoms with van der Waals surface area (Å²) in [6.45, 7) is 5.08. The molecule has 0 saturated heterocycles. The van der Waals surface area contributed by atoms with Gasteiger partial charge in [0.25, 0.3) is 0 Å². The molecule has 17 heavy (non-hydrogen) atoms. The summed E-state index contributed by atoms with van der Waals surface area (Å²) in [7, 11) is 1.36. The van der Waals surface area contributed by atoms with Crippen LogP contribution in [0.25, 0.3) is 0 Å². The lowest BCUT2D eigenvalue weighted by molar-refractivity contribution is -0.147. The maximum absolute atomic E-state index is 11.5. The van der Waals surface area contributed by atoms with Crippen molar-refractivity contribution < 1.29 is 19.0 Å². The van der Waals surface area contributed by atoms with Crippen LogP contribution in [0.15, 0.2) is 0 Å². The van der Waals surface area contributed by atoms with Gasteiger partial charge in [0, 0.05) is 6.42 Å². The van der Waals surface area contributed by atoms with Crippen molar-refractivity contribution in [2.45, 2.75) is 50.9 Å².